The Hall–Kier alpha value is -3.02. The van der Waals surface area contributed by atoms with Crippen molar-refractivity contribution < 1.29 is 28.2 Å². The van der Waals surface area contributed by atoms with Gasteiger partial charge in [-0.05, 0) is 42.9 Å². The van der Waals surface area contributed by atoms with Gasteiger partial charge in [0.1, 0.15) is 4.88 Å². The van der Waals surface area contributed by atoms with Crippen LogP contribution in [0, 0.1) is 17.8 Å². The highest BCUT2D eigenvalue weighted by Crippen LogP contribution is 2.34. The highest BCUT2D eigenvalue weighted by molar-refractivity contribution is 7.13. The van der Waals surface area contributed by atoms with Gasteiger partial charge in [0.2, 0.25) is 0 Å². The van der Waals surface area contributed by atoms with E-state index < -0.39 is 36.4 Å². The number of rotatable bonds is 11. The van der Waals surface area contributed by atoms with Crippen LogP contribution in [0.3, 0.4) is 0 Å². The van der Waals surface area contributed by atoms with Crippen molar-refractivity contribution in [3.8, 4) is 11.8 Å². The Labute approximate surface area is 221 Å². The topological polar surface area (TPSA) is 66.8 Å². The van der Waals surface area contributed by atoms with Crippen LogP contribution in [0.2, 0.25) is 0 Å². The summed E-state index contributed by atoms with van der Waals surface area (Å²) in [6.07, 6.45) is 4.68. The second-order valence-corrected chi connectivity index (χ2v) is 10.4. The van der Waals surface area contributed by atoms with Gasteiger partial charge in [0.25, 0.3) is 5.91 Å². The molecule has 1 saturated heterocycles. The van der Waals surface area contributed by atoms with E-state index in [1.165, 1.54) is 41.1 Å². The molecule has 0 unspecified atom stereocenters. The molecule has 2 heterocycles. The third-order valence-electron chi connectivity index (χ3n) is 6.35. The third kappa shape index (κ3) is 8.24. The fraction of sp³-hybridized carbons (Fsp3) is 0.448. The molecule has 1 aliphatic rings. The lowest BCUT2D eigenvalue weighted by atomic mass is 9.99. The maximum absolute atomic E-state index is 14.2. The quantitative estimate of drug-likeness (QED) is 0.244. The van der Waals surface area contributed by atoms with Crippen LogP contribution < -0.4 is 0 Å². The van der Waals surface area contributed by atoms with Crippen LogP contribution in [0.25, 0.3) is 0 Å². The Morgan fingerprint density at radius 3 is 2.73 bits per heavy atom. The maximum atomic E-state index is 14.2. The molecule has 0 saturated carbocycles. The van der Waals surface area contributed by atoms with Gasteiger partial charge in [0, 0.05) is 30.7 Å². The molecule has 0 spiro atoms. The summed E-state index contributed by atoms with van der Waals surface area (Å²) in [6.45, 7) is 2.02. The van der Waals surface area contributed by atoms with Gasteiger partial charge in [0.05, 0.1) is 19.3 Å². The van der Waals surface area contributed by atoms with E-state index >= 15 is 0 Å². The van der Waals surface area contributed by atoms with Crippen molar-refractivity contribution in [3.05, 3.63) is 69.9 Å². The number of esters is 1. The molecule has 1 aromatic carbocycles. The summed E-state index contributed by atoms with van der Waals surface area (Å²) >= 11 is 1.29. The highest BCUT2D eigenvalue weighted by Gasteiger charge is 2.52. The Kier molecular flexibility index (Phi) is 10.4. The summed E-state index contributed by atoms with van der Waals surface area (Å²) < 4.78 is 33.1. The number of alkyl halides is 2. The predicted molar refractivity (Wildman–Crippen MR) is 141 cm³/mol. The summed E-state index contributed by atoms with van der Waals surface area (Å²) in [4.78, 5) is 26.5. The maximum Gasteiger partial charge on any atom is 0.348 e. The first-order chi connectivity index (χ1) is 17.7. The number of nitrogens with zero attached hydrogens (tertiary/aromatic N) is 1. The van der Waals surface area contributed by atoms with Crippen molar-refractivity contribution in [2.75, 3.05) is 13.7 Å². The molecule has 2 aromatic rings. The number of amides is 1. The number of halogens is 2. The van der Waals surface area contributed by atoms with Gasteiger partial charge in [-0.2, -0.15) is 8.78 Å². The van der Waals surface area contributed by atoms with Crippen molar-refractivity contribution in [1.82, 2.24) is 4.90 Å². The van der Waals surface area contributed by atoms with Crippen LogP contribution >= 0.6 is 11.3 Å². The van der Waals surface area contributed by atoms with Gasteiger partial charge < -0.3 is 14.7 Å². The Morgan fingerprint density at radius 2 is 2.00 bits per heavy atom. The standard InChI is InChI=1S/C29H33F2NO4S/c1-21(10-5-3-6-11-22-12-7-4-8-13-22)25(33)17-15-23-20-29(30,31)28(35)32(23)19-9-14-24-16-18-26(37-24)27(34)36-2/h4,7-8,12-13,15-18,21,23,25,33H,6,9-11,14,19-20H2,1-2H3/b17-15+/t21-,23-,25+/m0/s1. The SMILES string of the molecule is COC(=O)c1ccc(CCCN2C(=O)C(F)(F)C[C@@H]2/C=C/[C@@H](O)[C@@H](C)CC#CCCc2ccccc2)s1. The molecule has 3 rings (SSSR count). The van der Waals surface area contributed by atoms with Gasteiger partial charge in [-0.3, -0.25) is 4.79 Å². The molecule has 1 amide bonds. The average molecular weight is 530 g/mol. The second-order valence-electron chi connectivity index (χ2n) is 9.23. The number of carbonyl (C=O) groups is 2. The zero-order valence-corrected chi connectivity index (χ0v) is 22.0. The fourth-order valence-corrected chi connectivity index (χ4v) is 5.10. The smallest absolute Gasteiger partial charge is 0.348 e. The Bertz CT molecular complexity index is 1140. The highest BCUT2D eigenvalue weighted by atomic mass is 32.1. The summed E-state index contributed by atoms with van der Waals surface area (Å²) in [6, 6.07) is 12.8. The molecule has 8 heteroatoms. The summed E-state index contributed by atoms with van der Waals surface area (Å²) in [5.74, 6) is 1.03. The van der Waals surface area contributed by atoms with E-state index in [2.05, 4.69) is 24.0 Å². The minimum absolute atomic E-state index is 0.160. The molecule has 198 valence electrons. The molecule has 3 atom stereocenters. The van der Waals surface area contributed by atoms with E-state index in [1.54, 1.807) is 12.1 Å². The first-order valence-electron chi connectivity index (χ1n) is 12.4. The number of benzene rings is 1. The number of ether oxygens (including phenoxy) is 1. The number of hydrogen-bond acceptors (Lipinski definition) is 5. The zero-order chi connectivity index (χ0) is 26.8. The first-order valence-corrected chi connectivity index (χ1v) is 13.2. The van der Waals surface area contributed by atoms with Gasteiger partial charge in [-0.15, -0.1) is 23.2 Å². The van der Waals surface area contributed by atoms with Gasteiger partial charge in [-0.1, -0.05) is 49.4 Å². The van der Waals surface area contributed by atoms with Gasteiger partial charge in [0.15, 0.2) is 0 Å². The molecular formula is C29H33F2NO4S. The van der Waals surface area contributed by atoms with Crippen molar-refractivity contribution in [2.24, 2.45) is 5.92 Å². The summed E-state index contributed by atoms with van der Waals surface area (Å²) in [7, 11) is 1.31. The molecule has 37 heavy (non-hydrogen) atoms. The molecule has 1 N–H and O–H groups in total. The van der Waals surface area contributed by atoms with Crippen molar-refractivity contribution in [2.45, 2.75) is 63.5 Å². The van der Waals surface area contributed by atoms with E-state index in [-0.39, 0.29) is 12.5 Å². The third-order valence-corrected chi connectivity index (χ3v) is 7.48. The molecule has 1 fully saturated rings. The lowest BCUT2D eigenvalue weighted by Crippen LogP contribution is -2.36. The summed E-state index contributed by atoms with van der Waals surface area (Å²) in [5.41, 5.74) is 1.22. The van der Waals surface area contributed by atoms with E-state index in [0.29, 0.717) is 24.1 Å². The number of hydrogen-bond donors (Lipinski definition) is 1. The first kappa shape index (κ1) is 28.5. The lowest BCUT2D eigenvalue weighted by Gasteiger charge is -2.22. The van der Waals surface area contributed by atoms with E-state index in [4.69, 9.17) is 4.74 Å². The van der Waals surface area contributed by atoms with Crippen LogP contribution in [-0.2, 0) is 22.4 Å². The van der Waals surface area contributed by atoms with Crippen molar-refractivity contribution >= 4 is 23.2 Å². The van der Waals surface area contributed by atoms with Crippen LogP contribution in [0.4, 0.5) is 8.78 Å². The summed E-state index contributed by atoms with van der Waals surface area (Å²) in [5, 5.41) is 10.5. The lowest BCUT2D eigenvalue weighted by molar-refractivity contribution is -0.148. The number of aliphatic hydroxyl groups excluding tert-OH is 1. The fourth-order valence-electron chi connectivity index (χ4n) is 4.13. The van der Waals surface area contributed by atoms with Crippen molar-refractivity contribution in [1.29, 1.82) is 0 Å². The van der Waals surface area contributed by atoms with Crippen LogP contribution in [-0.4, -0.2) is 53.6 Å². The van der Waals surface area contributed by atoms with Gasteiger partial charge in [-0.25, -0.2) is 4.79 Å². The van der Waals surface area contributed by atoms with Crippen molar-refractivity contribution in [3.63, 3.8) is 0 Å². The molecule has 5 nitrogen and oxygen atoms in total. The van der Waals surface area contributed by atoms with Crippen LogP contribution in [0.5, 0.6) is 0 Å². The minimum Gasteiger partial charge on any atom is -0.465 e. The van der Waals surface area contributed by atoms with Gasteiger partial charge >= 0.3 is 11.9 Å². The molecule has 0 radical (unpaired) electrons. The Balaban J connectivity index is 1.49. The minimum atomic E-state index is -3.42. The van der Waals surface area contributed by atoms with E-state index in [9.17, 15) is 23.5 Å². The van der Waals surface area contributed by atoms with Crippen LogP contribution in [0.1, 0.15) is 52.7 Å². The molecule has 0 bridgehead atoms. The molecular weight excluding hydrogens is 496 g/mol. The average Bonchev–Trinajstić information content (AvgIpc) is 3.45. The number of aliphatic hydroxyl groups is 1. The predicted octanol–water partition coefficient (Wildman–Crippen LogP) is 5.28. The molecule has 0 aliphatic carbocycles. The van der Waals surface area contributed by atoms with E-state index in [0.717, 1.165) is 17.7 Å². The normalized spacial score (nSPS) is 18.5. The number of methoxy groups -OCH3 is 1. The number of aryl methyl sites for hydroxylation is 2. The molecule has 1 aliphatic heterocycles. The monoisotopic (exact) mass is 529 g/mol. The largest absolute Gasteiger partial charge is 0.465 e. The number of likely N-dealkylation sites (tertiary alicyclic amines) is 1. The number of carbonyl (C=O) groups excluding carboxylic acids is 2. The Morgan fingerprint density at radius 1 is 1.24 bits per heavy atom. The van der Waals surface area contributed by atoms with E-state index in [1.807, 2.05) is 25.1 Å². The zero-order valence-electron chi connectivity index (χ0n) is 21.2. The number of thiophene rings is 1. The second kappa shape index (κ2) is 13.5. The molecule has 1 aromatic heterocycles. The van der Waals surface area contributed by atoms with Crippen LogP contribution in [0.15, 0.2) is 54.6 Å².